The first-order valence-electron chi connectivity index (χ1n) is 3.61. The summed E-state index contributed by atoms with van der Waals surface area (Å²) in [6.07, 6.45) is 0. The van der Waals surface area contributed by atoms with E-state index in [-0.39, 0.29) is 0 Å². The first-order chi connectivity index (χ1) is 6.24. The van der Waals surface area contributed by atoms with E-state index in [2.05, 4.69) is 10.1 Å². The van der Waals surface area contributed by atoms with E-state index >= 15 is 0 Å². The van der Waals surface area contributed by atoms with E-state index in [1.807, 2.05) is 16.8 Å². The molecular formula is C8H9NO3S. The van der Waals surface area contributed by atoms with Gasteiger partial charge in [-0.1, -0.05) is 0 Å². The molecule has 0 saturated carbocycles. The number of thiophene rings is 1. The van der Waals surface area contributed by atoms with Gasteiger partial charge in [0, 0.05) is 6.54 Å². The van der Waals surface area contributed by atoms with Crippen molar-refractivity contribution >= 4 is 23.2 Å². The summed E-state index contributed by atoms with van der Waals surface area (Å²) >= 11 is 1.54. The minimum atomic E-state index is -0.866. The Morgan fingerprint density at radius 2 is 2.38 bits per heavy atom. The van der Waals surface area contributed by atoms with Crippen LogP contribution in [0.25, 0.3) is 0 Å². The Hall–Kier alpha value is -1.36. The van der Waals surface area contributed by atoms with Gasteiger partial charge >= 0.3 is 11.9 Å². The molecule has 1 amide bonds. The molecular weight excluding hydrogens is 190 g/mol. The maximum absolute atomic E-state index is 10.9. The van der Waals surface area contributed by atoms with Crippen LogP contribution in [0.1, 0.15) is 5.56 Å². The van der Waals surface area contributed by atoms with Gasteiger partial charge in [0.2, 0.25) is 0 Å². The molecule has 5 heteroatoms. The Kier molecular flexibility index (Phi) is 3.45. The molecule has 0 fully saturated rings. The van der Waals surface area contributed by atoms with Gasteiger partial charge in [0.25, 0.3) is 0 Å². The maximum atomic E-state index is 10.9. The first-order valence-corrected chi connectivity index (χ1v) is 4.55. The minimum absolute atomic E-state index is 0.359. The number of ether oxygens (including phenoxy) is 1. The van der Waals surface area contributed by atoms with Crippen molar-refractivity contribution in [2.24, 2.45) is 0 Å². The average Bonchev–Trinajstić information content (AvgIpc) is 2.65. The number of methoxy groups -OCH3 is 1. The van der Waals surface area contributed by atoms with Crippen LogP contribution < -0.4 is 5.32 Å². The van der Waals surface area contributed by atoms with Crippen molar-refractivity contribution in [3.8, 4) is 0 Å². The topological polar surface area (TPSA) is 55.4 Å². The fraction of sp³-hybridized carbons (Fsp3) is 0.250. The van der Waals surface area contributed by atoms with Crippen LogP contribution in [-0.4, -0.2) is 19.0 Å². The van der Waals surface area contributed by atoms with Gasteiger partial charge in [0.1, 0.15) is 0 Å². The molecule has 1 aromatic heterocycles. The van der Waals surface area contributed by atoms with Gasteiger partial charge in [-0.2, -0.15) is 11.3 Å². The van der Waals surface area contributed by atoms with E-state index < -0.39 is 11.9 Å². The Morgan fingerprint density at radius 3 is 2.92 bits per heavy atom. The van der Waals surface area contributed by atoms with Crippen molar-refractivity contribution in [2.45, 2.75) is 6.54 Å². The molecule has 4 nitrogen and oxygen atoms in total. The molecule has 0 atom stereocenters. The number of carbonyl (C=O) groups is 2. The summed E-state index contributed by atoms with van der Waals surface area (Å²) in [4.78, 5) is 21.5. The summed E-state index contributed by atoms with van der Waals surface area (Å²) in [6.45, 7) is 0.359. The van der Waals surface area contributed by atoms with Gasteiger partial charge < -0.3 is 10.1 Å². The molecule has 0 spiro atoms. The Morgan fingerprint density at radius 1 is 1.62 bits per heavy atom. The summed E-state index contributed by atoms with van der Waals surface area (Å²) in [7, 11) is 1.17. The predicted octanol–water partition coefficient (Wildman–Crippen LogP) is 0.537. The van der Waals surface area contributed by atoms with Gasteiger partial charge in [0.15, 0.2) is 0 Å². The highest BCUT2D eigenvalue weighted by atomic mass is 32.1. The average molecular weight is 199 g/mol. The molecule has 1 N–H and O–H groups in total. The van der Waals surface area contributed by atoms with Gasteiger partial charge in [0.05, 0.1) is 7.11 Å². The highest BCUT2D eigenvalue weighted by Gasteiger charge is 2.12. The Balaban J connectivity index is 2.35. The number of rotatable bonds is 2. The van der Waals surface area contributed by atoms with E-state index in [9.17, 15) is 9.59 Å². The monoisotopic (exact) mass is 199 g/mol. The molecule has 70 valence electrons. The van der Waals surface area contributed by atoms with E-state index in [0.717, 1.165) is 5.56 Å². The molecule has 0 aromatic carbocycles. The van der Waals surface area contributed by atoms with Crippen LogP contribution in [0.15, 0.2) is 16.8 Å². The van der Waals surface area contributed by atoms with Crippen LogP contribution >= 0.6 is 11.3 Å². The van der Waals surface area contributed by atoms with Gasteiger partial charge in [-0.15, -0.1) is 0 Å². The molecule has 0 bridgehead atoms. The van der Waals surface area contributed by atoms with E-state index in [1.165, 1.54) is 18.4 Å². The van der Waals surface area contributed by atoms with Gasteiger partial charge in [-0.25, -0.2) is 4.79 Å². The lowest BCUT2D eigenvalue weighted by molar-refractivity contribution is -0.152. The van der Waals surface area contributed by atoms with Crippen molar-refractivity contribution < 1.29 is 14.3 Å². The van der Waals surface area contributed by atoms with Crippen molar-refractivity contribution in [3.05, 3.63) is 22.4 Å². The second-order valence-corrected chi connectivity index (χ2v) is 3.09. The van der Waals surface area contributed by atoms with Gasteiger partial charge in [-0.05, 0) is 22.4 Å². The summed E-state index contributed by atoms with van der Waals surface area (Å²) in [6, 6.07) is 1.88. The molecule has 1 aromatic rings. The second-order valence-electron chi connectivity index (χ2n) is 2.31. The number of amides is 1. The number of esters is 1. The van der Waals surface area contributed by atoms with Crippen LogP contribution in [0.3, 0.4) is 0 Å². The summed E-state index contributed by atoms with van der Waals surface area (Å²) in [5, 5.41) is 6.23. The van der Waals surface area contributed by atoms with E-state index in [0.29, 0.717) is 6.54 Å². The number of nitrogens with one attached hydrogen (secondary N) is 1. The molecule has 13 heavy (non-hydrogen) atoms. The highest BCUT2D eigenvalue weighted by molar-refractivity contribution is 7.07. The molecule has 0 aliphatic rings. The molecule has 1 heterocycles. The zero-order chi connectivity index (χ0) is 9.68. The fourth-order valence-corrected chi connectivity index (χ4v) is 1.41. The summed E-state index contributed by atoms with van der Waals surface area (Å²) < 4.78 is 4.23. The van der Waals surface area contributed by atoms with Crippen LogP contribution in [-0.2, 0) is 20.9 Å². The van der Waals surface area contributed by atoms with Crippen LogP contribution in [0, 0.1) is 0 Å². The van der Waals surface area contributed by atoms with Gasteiger partial charge in [-0.3, -0.25) is 4.79 Å². The van der Waals surface area contributed by atoms with E-state index in [1.54, 1.807) is 0 Å². The predicted molar refractivity (Wildman–Crippen MR) is 48.2 cm³/mol. The largest absolute Gasteiger partial charge is 0.462 e. The molecule has 0 aliphatic heterocycles. The molecule has 1 rings (SSSR count). The third-order valence-corrected chi connectivity index (χ3v) is 2.14. The zero-order valence-electron chi connectivity index (χ0n) is 7.07. The number of carbonyl (C=O) groups excluding carboxylic acids is 2. The van der Waals surface area contributed by atoms with E-state index in [4.69, 9.17) is 0 Å². The van der Waals surface area contributed by atoms with Crippen LogP contribution in [0.2, 0.25) is 0 Å². The summed E-state index contributed by atoms with van der Waals surface area (Å²) in [5.74, 6) is -1.58. The van der Waals surface area contributed by atoms with Crippen molar-refractivity contribution in [2.75, 3.05) is 7.11 Å². The number of hydrogen-bond donors (Lipinski definition) is 1. The minimum Gasteiger partial charge on any atom is -0.462 e. The van der Waals surface area contributed by atoms with Crippen molar-refractivity contribution in [1.29, 1.82) is 0 Å². The molecule has 0 radical (unpaired) electrons. The molecule has 0 unspecified atom stereocenters. The molecule has 0 saturated heterocycles. The van der Waals surface area contributed by atoms with Crippen molar-refractivity contribution in [3.63, 3.8) is 0 Å². The normalized spacial score (nSPS) is 9.31. The summed E-state index contributed by atoms with van der Waals surface area (Å²) in [5.41, 5.74) is 0.974. The smallest absolute Gasteiger partial charge is 0.396 e. The standard InChI is InChI=1S/C8H9NO3S/c1-12-8(11)7(10)9-4-6-2-3-13-5-6/h2-3,5H,4H2,1H3,(H,9,10). The lowest BCUT2D eigenvalue weighted by Crippen LogP contribution is -2.31. The van der Waals surface area contributed by atoms with Crippen molar-refractivity contribution in [1.82, 2.24) is 5.32 Å². The SMILES string of the molecule is COC(=O)C(=O)NCc1ccsc1. The third-order valence-electron chi connectivity index (χ3n) is 1.40. The van der Waals surface area contributed by atoms with Crippen LogP contribution in [0.4, 0.5) is 0 Å². The maximum Gasteiger partial charge on any atom is 0.396 e. The molecule has 0 aliphatic carbocycles. The lowest BCUT2D eigenvalue weighted by atomic mass is 10.3. The Bertz CT molecular complexity index is 294. The lowest BCUT2D eigenvalue weighted by Gasteiger charge is -2.00. The number of hydrogen-bond acceptors (Lipinski definition) is 4. The van der Waals surface area contributed by atoms with Crippen LogP contribution in [0.5, 0.6) is 0 Å². The fourth-order valence-electron chi connectivity index (χ4n) is 0.740. The first kappa shape index (κ1) is 9.73. The highest BCUT2D eigenvalue weighted by Crippen LogP contribution is 2.04. The Labute approximate surface area is 79.5 Å². The zero-order valence-corrected chi connectivity index (χ0v) is 7.89. The quantitative estimate of drug-likeness (QED) is 0.558. The second kappa shape index (κ2) is 4.61. The third kappa shape index (κ3) is 2.87.